The predicted molar refractivity (Wildman–Crippen MR) is 79.2 cm³/mol. The zero-order valence-corrected chi connectivity index (χ0v) is 12.7. The number of likely N-dealkylation sites (tertiary alicyclic amines) is 1. The van der Waals surface area contributed by atoms with Crippen LogP contribution in [0, 0.1) is 18.6 Å². The van der Waals surface area contributed by atoms with Crippen molar-refractivity contribution >= 4 is 0 Å². The molecule has 1 fully saturated rings. The molecule has 0 amide bonds. The first-order chi connectivity index (χ1) is 10.6. The Bertz CT molecular complexity index is 641. The highest BCUT2D eigenvalue weighted by molar-refractivity contribution is 5.19. The molecule has 0 spiro atoms. The molecule has 5 heteroatoms. The first-order valence-corrected chi connectivity index (χ1v) is 7.74. The summed E-state index contributed by atoms with van der Waals surface area (Å²) in [5, 5.41) is 3.96. The number of aryl methyl sites for hydroxylation is 1. The summed E-state index contributed by atoms with van der Waals surface area (Å²) in [5.74, 6) is 0.0487. The Hall–Kier alpha value is -1.75. The van der Waals surface area contributed by atoms with Gasteiger partial charge in [0.1, 0.15) is 11.6 Å². The Morgan fingerprint density at radius 2 is 2.09 bits per heavy atom. The van der Waals surface area contributed by atoms with Gasteiger partial charge in [-0.05, 0) is 44.5 Å². The summed E-state index contributed by atoms with van der Waals surface area (Å²) in [6.07, 6.45) is 4.25. The molecule has 2 heterocycles. The molecular formula is C17H20F2N2O. The molecule has 2 aromatic rings. The minimum Gasteiger partial charge on any atom is -0.359 e. The first-order valence-electron chi connectivity index (χ1n) is 7.74. The van der Waals surface area contributed by atoms with Crippen molar-refractivity contribution in [1.82, 2.24) is 10.1 Å². The molecule has 1 saturated heterocycles. The molecule has 1 aliphatic heterocycles. The average Bonchev–Trinajstić information content (AvgIpc) is 2.78. The minimum atomic E-state index is -0.404. The van der Waals surface area contributed by atoms with E-state index in [1.807, 2.05) is 13.0 Å². The maximum atomic E-state index is 13.9. The Balaban J connectivity index is 1.85. The zero-order valence-electron chi connectivity index (χ0n) is 12.7. The molecule has 1 aromatic carbocycles. The quantitative estimate of drug-likeness (QED) is 0.843. The van der Waals surface area contributed by atoms with Crippen LogP contribution in [0.5, 0.6) is 0 Å². The molecule has 0 N–H and O–H groups in total. The molecule has 0 unspecified atom stereocenters. The second-order valence-electron chi connectivity index (χ2n) is 5.94. The van der Waals surface area contributed by atoms with Crippen LogP contribution in [-0.2, 0) is 6.54 Å². The molecule has 0 aliphatic carbocycles. The maximum Gasteiger partial charge on any atom is 0.154 e. The van der Waals surface area contributed by atoms with Crippen LogP contribution in [0.2, 0.25) is 0 Å². The van der Waals surface area contributed by atoms with Gasteiger partial charge < -0.3 is 4.52 Å². The molecular weight excluding hydrogens is 286 g/mol. The van der Waals surface area contributed by atoms with Crippen LogP contribution in [0.15, 0.2) is 28.8 Å². The van der Waals surface area contributed by atoms with Crippen LogP contribution in [0.4, 0.5) is 8.78 Å². The van der Waals surface area contributed by atoms with E-state index in [4.69, 9.17) is 4.52 Å². The van der Waals surface area contributed by atoms with E-state index in [2.05, 4.69) is 10.1 Å². The van der Waals surface area contributed by atoms with E-state index in [0.29, 0.717) is 12.1 Å². The molecule has 1 aromatic heterocycles. The third kappa shape index (κ3) is 3.35. The van der Waals surface area contributed by atoms with Crippen molar-refractivity contribution in [3.63, 3.8) is 0 Å². The monoisotopic (exact) mass is 306 g/mol. The fraction of sp³-hybridized carbons (Fsp3) is 0.471. The zero-order chi connectivity index (χ0) is 15.5. The average molecular weight is 306 g/mol. The van der Waals surface area contributed by atoms with E-state index in [-0.39, 0.29) is 11.9 Å². The Morgan fingerprint density at radius 1 is 1.23 bits per heavy atom. The third-order valence-electron chi connectivity index (χ3n) is 4.22. The van der Waals surface area contributed by atoms with E-state index >= 15 is 0 Å². The lowest BCUT2D eigenvalue weighted by Crippen LogP contribution is -2.28. The smallest absolute Gasteiger partial charge is 0.154 e. The van der Waals surface area contributed by atoms with Crippen molar-refractivity contribution in [3.8, 4) is 0 Å². The molecule has 0 bridgehead atoms. The fourth-order valence-electron chi connectivity index (χ4n) is 3.10. The highest BCUT2D eigenvalue weighted by Crippen LogP contribution is 2.32. The van der Waals surface area contributed by atoms with Crippen LogP contribution in [0.3, 0.4) is 0 Å². The normalized spacial score (nSPS) is 20.0. The van der Waals surface area contributed by atoms with Crippen LogP contribution in [0.1, 0.15) is 48.7 Å². The van der Waals surface area contributed by atoms with Gasteiger partial charge in [-0.3, -0.25) is 4.90 Å². The van der Waals surface area contributed by atoms with Gasteiger partial charge in [-0.1, -0.05) is 18.0 Å². The van der Waals surface area contributed by atoms with Crippen LogP contribution in [-0.4, -0.2) is 16.6 Å². The van der Waals surface area contributed by atoms with Crippen LogP contribution < -0.4 is 0 Å². The number of hydrogen-bond donors (Lipinski definition) is 0. The Labute approximate surface area is 128 Å². The van der Waals surface area contributed by atoms with Gasteiger partial charge in [0.05, 0.1) is 11.7 Å². The van der Waals surface area contributed by atoms with E-state index in [9.17, 15) is 8.78 Å². The van der Waals surface area contributed by atoms with Gasteiger partial charge in [0.25, 0.3) is 0 Å². The van der Waals surface area contributed by atoms with Crippen molar-refractivity contribution < 1.29 is 13.3 Å². The van der Waals surface area contributed by atoms with E-state index in [1.54, 1.807) is 0 Å². The standard InChI is InChI=1S/C17H20F2N2O/c1-12-9-17(22-20-12)16-5-3-2-4-8-21(16)11-13-10-14(18)6-7-15(13)19/h6-7,9-10,16H,2-5,8,11H2,1H3/t16-/m0/s1. The molecule has 118 valence electrons. The number of halogens is 2. The molecule has 3 rings (SSSR count). The summed E-state index contributed by atoms with van der Waals surface area (Å²) in [4.78, 5) is 2.17. The first kappa shape index (κ1) is 15.2. The number of hydrogen-bond acceptors (Lipinski definition) is 3. The molecule has 1 aliphatic rings. The molecule has 1 atom stereocenters. The summed E-state index contributed by atoms with van der Waals surface area (Å²) in [6, 6.07) is 5.63. The minimum absolute atomic E-state index is 0.0753. The van der Waals surface area contributed by atoms with E-state index in [1.165, 1.54) is 12.1 Å². The lowest BCUT2D eigenvalue weighted by atomic mass is 10.1. The number of rotatable bonds is 3. The number of benzene rings is 1. The van der Waals surface area contributed by atoms with Gasteiger partial charge in [0.15, 0.2) is 5.76 Å². The molecule has 0 saturated carbocycles. The highest BCUT2D eigenvalue weighted by Gasteiger charge is 2.26. The molecule has 22 heavy (non-hydrogen) atoms. The van der Waals surface area contributed by atoms with Gasteiger partial charge in [0, 0.05) is 18.2 Å². The van der Waals surface area contributed by atoms with Gasteiger partial charge in [-0.25, -0.2) is 8.78 Å². The fourth-order valence-corrected chi connectivity index (χ4v) is 3.10. The number of nitrogens with zero attached hydrogens (tertiary/aromatic N) is 2. The second kappa shape index (κ2) is 6.57. The van der Waals surface area contributed by atoms with E-state index in [0.717, 1.165) is 49.7 Å². The van der Waals surface area contributed by atoms with Gasteiger partial charge in [0.2, 0.25) is 0 Å². The van der Waals surface area contributed by atoms with E-state index < -0.39 is 5.82 Å². The second-order valence-corrected chi connectivity index (χ2v) is 5.94. The van der Waals surface area contributed by atoms with Gasteiger partial charge >= 0.3 is 0 Å². The summed E-state index contributed by atoms with van der Waals surface area (Å²) < 4.78 is 32.7. The highest BCUT2D eigenvalue weighted by atomic mass is 19.1. The lowest BCUT2D eigenvalue weighted by molar-refractivity contribution is 0.158. The SMILES string of the molecule is Cc1cc([C@@H]2CCCCCN2Cc2cc(F)ccc2F)on1. The molecule has 0 radical (unpaired) electrons. The van der Waals surface area contributed by atoms with Crippen molar-refractivity contribution in [3.05, 3.63) is 52.9 Å². The summed E-state index contributed by atoms with van der Waals surface area (Å²) in [5.41, 5.74) is 1.24. The molecule has 3 nitrogen and oxygen atoms in total. The topological polar surface area (TPSA) is 29.3 Å². The van der Waals surface area contributed by atoms with Gasteiger partial charge in [-0.2, -0.15) is 0 Å². The number of aromatic nitrogens is 1. The Morgan fingerprint density at radius 3 is 2.86 bits per heavy atom. The predicted octanol–water partition coefficient (Wildman–Crippen LogP) is 4.38. The summed E-state index contributed by atoms with van der Waals surface area (Å²) in [7, 11) is 0. The maximum absolute atomic E-state index is 13.9. The van der Waals surface area contributed by atoms with Crippen molar-refractivity contribution in [1.29, 1.82) is 0 Å². The van der Waals surface area contributed by atoms with Gasteiger partial charge in [-0.15, -0.1) is 0 Å². The summed E-state index contributed by atoms with van der Waals surface area (Å²) >= 11 is 0. The van der Waals surface area contributed by atoms with Crippen molar-refractivity contribution in [2.24, 2.45) is 0 Å². The van der Waals surface area contributed by atoms with Crippen molar-refractivity contribution in [2.75, 3.05) is 6.54 Å². The lowest BCUT2D eigenvalue weighted by Gasteiger charge is -2.28. The Kier molecular flexibility index (Phi) is 4.52. The summed E-state index contributed by atoms with van der Waals surface area (Å²) in [6.45, 7) is 3.12. The van der Waals surface area contributed by atoms with Crippen LogP contribution >= 0.6 is 0 Å². The van der Waals surface area contributed by atoms with Crippen LogP contribution in [0.25, 0.3) is 0 Å². The largest absolute Gasteiger partial charge is 0.359 e. The van der Waals surface area contributed by atoms with Crippen molar-refractivity contribution in [2.45, 2.75) is 45.2 Å². The third-order valence-corrected chi connectivity index (χ3v) is 4.22.